The van der Waals surface area contributed by atoms with Crippen LogP contribution in [-0.4, -0.2) is 40.0 Å². The lowest BCUT2D eigenvalue weighted by Gasteiger charge is -2.14. The third-order valence-electron chi connectivity index (χ3n) is 6.73. The van der Waals surface area contributed by atoms with Gasteiger partial charge < -0.3 is 19.5 Å². The first-order valence-electron chi connectivity index (χ1n) is 13.5. The molecule has 2 heterocycles. The molecule has 0 spiro atoms. The number of hydrogen-bond donors (Lipinski definition) is 2. The fraction of sp³-hybridized carbons (Fsp3) is 0.250. The number of aryl methyl sites for hydroxylation is 2. The summed E-state index contributed by atoms with van der Waals surface area (Å²) in [6, 6.07) is 18.2. The monoisotopic (exact) mass is 566 g/mol. The van der Waals surface area contributed by atoms with E-state index in [1.165, 1.54) is 6.33 Å². The van der Waals surface area contributed by atoms with Crippen molar-refractivity contribution in [1.82, 2.24) is 19.7 Å². The number of aromatic nitrogens is 4. The summed E-state index contributed by atoms with van der Waals surface area (Å²) in [5.41, 5.74) is 5.04. The first-order valence-corrected chi connectivity index (χ1v) is 13.5. The van der Waals surface area contributed by atoms with Crippen LogP contribution in [-0.2, 0) is 5.41 Å². The molecule has 2 N–H and O–H groups in total. The van der Waals surface area contributed by atoms with Crippen molar-refractivity contribution in [1.29, 1.82) is 0 Å². The van der Waals surface area contributed by atoms with Gasteiger partial charge >= 0.3 is 6.03 Å². The van der Waals surface area contributed by atoms with E-state index in [9.17, 15) is 4.79 Å². The highest BCUT2D eigenvalue weighted by Crippen LogP contribution is 2.36. The van der Waals surface area contributed by atoms with E-state index in [2.05, 4.69) is 47.4 Å². The Bertz CT molecular complexity index is 1760. The van der Waals surface area contributed by atoms with Crippen molar-refractivity contribution >= 4 is 28.4 Å². The van der Waals surface area contributed by atoms with E-state index in [0.29, 0.717) is 45.5 Å². The van der Waals surface area contributed by atoms with E-state index < -0.39 is 6.03 Å². The number of benzene rings is 3. The van der Waals surface area contributed by atoms with Gasteiger partial charge in [0.15, 0.2) is 11.5 Å². The number of hydrogen-bond acceptors (Lipinski definition) is 7. The first-order chi connectivity index (χ1) is 20.0. The van der Waals surface area contributed by atoms with Gasteiger partial charge in [-0.3, -0.25) is 5.32 Å². The molecule has 10 heteroatoms. The lowest BCUT2D eigenvalue weighted by Crippen LogP contribution is -2.21. The number of rotatable bonds is 7. The number of urea groups is 1. The zero-order valence-electron chi connectivity index (χ0n) is 24.8. The molecule has 2 aromatic heterocycles. The Morgan fingerprint density at radius 1 is 0.857 bits per heavy atom. The molecule has 2 amide bonds. The Hall–Kier alpha value is -5.12. The minimum atomic E-state index is -0.391. The molecule has 5 aromatic rings. The van der Waals surface area contributed by atoms with Crippen LogP contribution in [0.2, 0.25) is 0 Å². The molecule has 0 saturated heterocycles. The number of anilines is 2. The van der Waals surface area contributed by atoms with Gasteiger partial charge in [0.1, 0.15) is 17.9 Å². The maximum Gasteiger partial charge on any atom is 0.324 e. The van der Waals surface area contributed by atoms with E-state index in [4.69, 9.17) is 19.3 Å². The van der Waals surface area contributed by atoms with Gasteiger partial charge in [-0.15, -0.1) is 0 Å². The van der Waals surface area contributed by atoms with Crippen molar-refractivity contribution in [2.45, 2.75) is 40.0 Å². The van der Waals surface area contributed by atoms with Crippen LogP contribution in [0.25, 0.3) is 16.6 Å². The minimum Gasteiger partial charge on any atom is -0.493 e. The third kappa shape index (κ3) is 5.97. The molecule has 0 fully saturated rings. The second-order valence-corrected chi connectivity index (χ2v) is 11.0. The summed E-state index contributed by atoms with van der Waals surface area (Å²) in [7, 11) is 3.14. The van der Waals surface area contributed by atoms with Gasteiger partial charge in [-0.05, 0) is 55.8 Å². The molecule has 10 nitrogen and oxygen atoms in total. The van der Waals surface area contributed by atoms with Crippen molar-refractivity contribution in [2.75, 3.05) is 24.9 Å². The molecule has 0 aliphatic rings. The molecule has 0 atom stereocenters. The SMILES string of the molecule is COc1cc2ncnc(Oc3ccc(NC(=O)Nc4cc(C(C)(C)C)nn4-c4ccc(C)cc4C)cc3)c2cc1OC. The van der Waals surface area contributed by atoms with Gasteiger partial charge in [-0.2, -0.15) is 5.10 Å². The number of amides is 2. The summed E-state index contributed by atoms with van der Waals surface area (Å²) in [5, 5.41) is 11.4. The highest BCUT2D eigenvalue weighted by atomic mass is 16.5. The first kappa shape index (κ1) is 28.4. The maximum absolute atomic E-state index is 13.1. The summed E-state index contributed by atoms with van der Waals surface area (Å²) in [5.74, 6) is 2.60. The lowest BCUT2D eigenvalue weighted by molar-refractivity contribution is 0.262. The van der Waals surface area contributed by atoms with E-state index in [0.717, 1.165) is 22.5 Å². The summed E-state index contributed by atoms with van der Waals surface area (Å²) in [6.45, 7) is 10.4. The molecule has 0 bridgehead atoms. The second kappa shape index (κ2) is 11.4. The van der Waals surface area contributed by atoms with Crippen LogP contribution in [0.3, 0.4) is 0 Å². The van der Waals surface area contributed by atoms with Crippen molar-refractivity contribution in [3.8, 4) is 28.8 Å². The van der Waals surface area contributed by atoms with Gasteiger partial charge in [-0.1, -0.05) is 38.5 Å². The van der Waals surface area contributed by atoms with E-state index in [-0.39, 0.29) is 5.41 Å². The molecule has 0 unspecified atom stereocenters. The predicted octanol–water partition coefficient (Wildman–Crippen LogP) is 7.18. The quantitative estimate of drug-likeness (QED) is 0.214. The summed E-state index contributed by atoms with van der Waals surface area (Å²) in [6.07, 6.45) is 1.43. The van der Waals surface area contributed by atoms with Gasteiger partial charge in [0.2, 0.25) is 5.88 Å². The Morgan fingerprint density at radius 3 is 2.24 bits per heavy atom. The van der Waals surface area contributed by atoms with Crippen LogP contribution in [0.5, 0.6) is 23.1 Å². The van der Waals surface area contributed by atoms with Crippen LogP contribution in [0.1, 0.15) is 37.6 Å². The molecular formula is C32H34N6O4. The summed E-state index contributed by atoms with van der Waals surface area (Å²) in [4.78, 5) is 21.7. The number of carbonyl (C=O) groups excluding carboxylic acids is 1. The van der Waals surface area contributed by atoms with Crippen LogP contribution >= 0.6 is 0 Å². The molecular weight excluding hydrogens is 532 g/mol. The van der Waals surface area contributed by atoms with Crippen LogP contribution in [0.15, 0.2) is 67.0 Å². The number of ether oxygens (including phenoxy) is 3. The zero-order chi connectivity index (χ0) is 30.0. The fourth-order valence-corrected chi connectivity index (χ4v) is 4.50. The number of methoxy groups -OCH3 is 2. The maximum atomic E-state index is 13.1. The predicted molar refractivity (Wildman–Crippen MR) is 164 cm³/mol. The zero-order valence-corrected chi connectivity index (χ0v) is 24.8. The normalized spacial score (nSPS) is 11.3. The third-order valence-corrected chi connectivity index (χ3v) is 6.73. The Balaban J connectivity index is 1.33. The van der Waals surface area contributed by atoms with Crippen molar-refractivity contribution in [2.24, 2.45) is 0 Å². The van der Waals surface area contributed by atoms with Gasteiger partial charge in [0.05, 0.1) is 36.5 Å². The van der Waals surface area contributed by atoms with Crippen molar-refractivity contribution < 1.29 is 19.0 Å². The highest BCUT2D eigenvalue weighted by Gasteiger charge is 2.22. The molecule has 216 valence electrons. The summed E-state index contributed by atoms with van der Waals surface area (Å²) < 4.78 is 18.6. The van der Waals surface area contributed by atoms with Crippen LogP contribution in [0.4, 0.5) is 16.3 Å². The van der Waals surface area contributed by atoms with Gasteiger partial charge in [0, 0.05) is 23.2 Å². The lowest BCUT2D eigenvalue weighted by atomic mass is 9.92. The molecule has 5 rings (SSSR count). The Morgan fingerprint density at radius 2 is 1.57 bits per heavy atom. The van der Waals surface area contributed by atoms with Crippen LogP contribution < -0.4 is 24.8 Å². The van der Waals surface area contributed by atoms with E-state index in [1.807, 2.05) is 32.0 Å². The van der Waals surface area contributed by atoms with Crippen molar-refractivity contribution in [3.05, 3.63) is 83.8 Å². The molecule has 3 aromatic carbocycles. The minimum absolute atomic E-state index is 0.196. The molecule has 42 heavy (non-hydrogen) atoms. The Labute approximate surface area is 244 Å². The van der Waals surface area contributed by atoms with Gasteiger partial charge in [-0.25, -0.2) is 19.4 Å². The molecule has 0 saturated carbocycles. The van der Waals surface area contributed by atoms with E-state index in [1.54, 1.807) is 55.3 Å². The number of carbonyl (C=O) groups is 1. The topological polar surface area (TPSA) is 112 Å². The Kier molecular flexibility index (Phi) is 7.71. The molecule has 0 aliphatic carbocycles. The largest absolute Gasteiger partial charge is 0.493 e. The standard InChI is InChI=1S/C32H34N6O4/c1-19-8-13-25(20(2)14-19)38-29(17-28(37-38)32(3,4)5)36-31(39)35-21-9-11-22(12-10-21)42-30-23-15-26(40-6)27(41-7)16-24(23)33-18-34-30/h8-18H,1-7H3,(H2,35,36,39). The second-order valence-electron chi connectivity index (χ2n) is 11.0. The number of fused-ring (bicyclic) bond motifs is 1. The molecule has 0 aliphatic heterocycles. The summed E-state index contributed by atoms with van der Waals surface area (Å²) >= 11 is 0. The average molecular weight is 567 g/mol. The van der Waals surface area contributed by atoms with Crippen molar-refractivity contribution in [3.63, 3.8) is 0 Å². The number of nitrogens with one attached hydrogen (secondary N) is 2. The average Bonchev–Trinajstić information content (AvgIpc) is 3.37. The van der Waals surface area contributed by atoms with Crippen LogP contribution in [0, 0.1) is 13.8 Å². The smallest absolute Gasteiger partial charge is 0.324 e. The van der Waals surface area contributed by atoms with Gasteiger partial charge in [0.25, 0.3) is 0 Å². The van der Waals surface area contributed by atoms with E-state index >= 15 is 0 Å². The molecule has 0 radical (unpaired) electrons. The number of nitrogens with zero attached hydrogens (tertiary/aromatic N) is 4. The highest BCUT2D eigenvalue weighted by molar-refractivity contribution is 5.99. The fourth-order valence-electron chi connectivity index (χ4n) is 4.50.